The molecule has 7 nitrogen and oxygen atoms in total. The summed E-state index contributed by atoms with van der Waals surface area (Å²) in [6, 6.07) is 1.92. The smallest absolute Gasteiger partial charge is 0.308 e. The van der Waals surface area contributed by atoms with Crippen LogP contribution in [-0.2, 0) is 14.3 Å². The number of aryl methyl sites for hydroxylation is 2. The van der Waals surface area contributed by atoms with Gasteiger partial charge in [-0.2, -0.15) is 0 Å². The van der Waals surface area contributed by atoms with E-state index in [0.29, 0.717) is 44.8 Å². The molecule has 0 saturated carbocycles. The Morgan fingerprint density at radius 1 is 1.25 bits per heavy atom. The normalized spacial score (nSPS) is 15.2. The molecule has 1 aromatic rings. The summed E-state index contributed by atoms with van der Waals surface area (Å²) in [5.41, 5.74) is 1.85. The minimum atomic E-state index is -0.167. The van der Waals surface area contributed by atoms with Crippen molar-refractivity contribution in [2.75, 3.05) is 32.1 Å². The average molecular weight is 334 g/mol. The van der Waals surface area contributed by atoms with E-state index in [9.17, 15) is 9.59 Å². The Labute approximate surface area is 142 Å². The van der Waals surface area contributed by atoms with Gasteiger partial charge in [0.1, 0.15) is 0 Å². The number of methoxy groups -OCH3 is 1. The molecule has 0 aliphatic carbocycles. The molecule has 1 aromatic heterocycles. The number of carbonyl (C=O) groups is 2. The first-order chi connectivity index (χ1) is 11.5. The van der Waals surface area contributed by atoms with Crippen LogP contribution in [0.5, 0.6) is 0 Å². The Bertz CT molecular complexity index is 563. The van der Waals surface area contributed by atoms with E-state index >= 15 is 0 Å². The number of rotatable bonds is 6. The highest BCUT2D eigenvalue weighted by atomic mass is 16.5. The van der Waals surface area contributed by atoms with Gasteiger partial charge < -0.3 is 15.0 Å². The summed E-state index contributed by atoms with van der Waals surface area (Å²) in [6.07, 6.45) is 2.59. The lowest BCUT2D eigenvalue weighted by atomic mass is 9.97. The maximum atomic E-state index is 12.2. The second kappa shape index (κ2) is 8.61. The first-order valence-electron chi connectivity index (χ1n) is 8.41. The number of hydrogen-bond acceptors (Lipinski definition) is 6. The maximum absolute atomic E-state index is 12.2. The van der Waals surface area contributed by atoms with Crippen molar-refractivity contribution >= 4 is 17.8 Å². The topological polar surface area (TPSA) is 84.4 Å². The summed E-state index contributed by atoms with van der Waals surface area (Å²) in [6.45, 7) is 5.79. The molecule has 2 heterocycles. The summed E-state index contributed by atoms with van der Waals surface area (Å²) in [5, 5.41) is 3.16. The van der Waals surface area contributed by atoms with Crippen molar-refractivity contribution in [3.05, 3.63) is 17.5 Å². The summed E-state index contributed by atoms with van der Waals surface area (Å²) in [4.78, 5) is 34.2. The van der Waals surface area contributed by atoms with Gasteiger partial charge in [-0.15, -0.1) is 0 Å². The highest BCUT2D eigenvalue weighted by molar-refractivity contribution is 5.77. The van der Waals surface area contributed by atoms with Crippen molar-refractivity contribution in [3.8, 4) is 0 Å². The predicted molar refractivity (Wildman–Crippen MR) is 90.5 cm³/mol. The van der Waals surface area contributed by atoms with E-state index in [1.807, 2.05) is 24.8 Å². The molecule has 1 amide bonds. The molecule has 1 aliphatic rings. The predicted octanol–water partition coefficient (Wildman–Crippen LogP) is 1.70. The van der Waals surface area contributed by atoms with Crippen molar-refractivity contribution in [2.24, 2.45) is 5.92 Å². The molecular weight excluding hydrogens is 308 g/mol. The highest BCUT2D eigenvalue weighted by Crippen LogP contribution is 2.19. The molecule has 2 rings (SSSR count). The number of nitrogens with one attached hydrogen (secondary N) is 1. The lowest BCUT2D eigenvalue weighted by Gasteiger charge is -2.30. The van der Waals surface area contributed by atoms with Gasteiger partial charge in [-0.3, -0.25) is 9.59 Å². The zero-order chi connectivity index (χ0) is 17.5. The standard InChI is InChI=1S/C17H26N4O3/c1-12-11-13(2)20-17(19-12)18-8-4-5-15(22)21-9-6-14(7-10-21)16(23)24-3/h11,14H,4-10H2,1-3H3,(H,18,19,20). The van der Waals surface area contributed by atoms with Gasteiger partial charge in [-0.25, -0.2) is 9.97 Å². The quantitative estimate of drug-likeness (QED) is 0.629. The van der Waals surface area contributed by atoms with Crippen LogP contribution in [0.1, 0.15) is 37.1 Å². The third-order valence-corrected chi connectivity index (χ3v) is 4.21. The molecule has 1 fully saturated rings. The molecule has 1 saturated heterocycles. The van der Waals surface area contributed by atoms with E-state index in [2.05, 4.69) is 15.3 Å². The summed E-state index contributed by atoms with van der Waals surface area (Å²) < 4.78 is 4.76. The number of likely N-dealkylation sites (tertiary alicyclic amines) is 1. The molecule has 1 aliphatic heterocycles. The molecule has 0 spiro atoms. The Balaban J connectivity index is 1.67. The molecule has 132 valence electrons. The lowest BCUT2D eigenvalue weighted by molar-refractivity contribution is -0.148. The van der Waals surface area contributed by atoms with Gasteiger partial charge in [0.15, 0.2) is 0 Å². The van der Waals surface area contributed by atoms with E-state index in [0.717, 1.165) is 17.8 Å². The molecule has 24 heavy (non-hydrogen) atoms. The molecule has 7 heteroatoms. The maximum Gasteiger partial charge on any atom is 0.308 e. The first kappa shape index (κ1) is 18.2. The van der Waals surface area contributed by atoms with Gasteiger partial charge in [0.05, 0.1) is 13.0 Å². The van der Waals surface area contributed by atoms with Gasteiger partial charge in [-0.05, 0) is 39.2 Å². The molecule has 0 unspecified atom stereocenters. The lowest BCUT2D eigenvalue weighted by Crippen LogP contribution is -2.40. The SMILES string of the molecule is COC(=O)C1CCN(C(=O)CCCNc2nc(C)cc(C)n2)CC1. The summed E-state index contributed by atoms with van der Waals surface area (Å²) in [7, 11) is 1.41. The minimum Gasteiger partial charge on any atom is -0.469 e. The van der Waals surface area contributed by atoms with Crippen LogP contribution in [0, 0.1) is 19.8 Å². The number of amides is 1. The van der Waals surface area contributed by atoms with Crippen LogP contribution in [0.25, 0.3) is 0 Å². The van der Waals surface area contributed by atoms with Crippen LogP contribution in [0.4, 0.5) is 5.95 Å². The van der Waals surface area contributed by atoms with Gasteiger partial charge in [-0.1, -0.05) is 0 Å². The Kier molecular flexibility index (Phi) is 6.52. The number of piperidine rings is 1. The first-order valence-corrected chi connectivity index (χ1v) is 8.41. The number of nitrogens with zero attached hydrogens (tertiary/aromatic N) is 3. The van der Waals surface area contributed by atoms with Crippen LogP contribution >= 0.6 is 0 Å². The molecule has 0 atom stereocenters. The van der Waals surface area contributed by atoms with Crippen LogP contribution in [0.2, 0.25) is 0 Å². The van der Waals surface area contributed by atoms with Gasteiger partial charge in [0, 0.05) is 37.4 Å². The largest absolute Gasteiger partial charge is 0.469 e. The monoisotopic (exact) mass is 334 g/mol. The second-order valence-corrected chi connectivity index (χ2v) is 6.18. The fourth-order valence-electron chi connectivity index (χ4n) is 2.93. The fraction of sp³-hybridized carbons (Fsp3) is 0.647. The van der Waals surface area contributed by atoms with E-state index in [-0.39, 0.29) is 17.8 Å². The molecular formula is C17H26N4O3. The van der Waals surface area contributed by atoms with E-state index in [4.69, 9.17) is 4.74 Å². The van der Waals surface area contributed by atoms with E-state index in [1.165, 1.54) is 7.11 Å². The molecule has 0 bridgehead atoms. The zero-order valence-electron chi connectivity index (χ0n) is 14.7. The number of hydrogen-bond donors (Lipinski definition) is 1. The number of aromatic nitrogens is 2. The van der Waals surface area contributed by atoms with Gasteiger partial charge in [0.25, 0.3) is 0 Å². The fourth-order valence-corrected chi connectivity index (χ4v) is 2.93. The summed E-state index contributed by atoms with van der Waals surface area (Å²) in [5.74, 6) is 0.516. The average Bonchev–Trinajstić information content (AvgIpc) is 2.57. The Hall–Kier alpha value is -2.18. The highest BCUT2D eigenvalue weighted by Gasteiger charge is 2.27. The third kappa shape index (κ3) is 5.18. The zero-order valence-corrected chi connectivity index (χ0v) is 14.7. The summed E-state index contributed by atoms with van der Waals surface area (Å²) >= 11 is 0. The second-order valence-electron chi connectivity index (χ2n) is 6.18. The van der Waals surface area contributed by atoms with Crippen LogP contribution in [-0.4, -0.2) is 53.5 Å². The van der Waals surface area contributed by atoms with Crippen molar-refractivity contribution in [1.29, 1.82) is 0 Å². The van der Waals surface area contributed by atoms with E-state index < -0.39 is 0 Å². The van der Waals surface area contributed by atoms with Crippen LogP contribution in [0.15, 0.2) is 6.07 Å². The molecule has 0 aromatic carbocycles. The minimum absolute atomic E-state index is 0.0672. The van der Waals surface area contributed by atoms with Crippen molar-refractivity contribution < 1.29 is 14.3 Å². The van der Waals surface area contributed by atoms with Crippen molar-refractivity contribution in [1.82, 2.24) is 14.9 Å². The van der Waals surface area contributed by atoms with E-state index in [1.54, 1.807) is 0 Å². The number of ether oxygens (including phenoxy) is 1. The Morgan fingerprint density at radius 2 is 1.88 bits per heavy atom. The molecule has 0 radical (unpaired) electrons. The van der Waals surface area contributed by atoms with Crippen LogP contribution < -0.4 is 5.32 Å². The molecule has 1 N–H and O–H groups in total. The number of anilines is 1. The van der Waals surface area contributed by atoms with Crippen LogP contribution in [0.3, 0.4) is 0 Å². The van der Waals surface area contributed by atoms with Crippen molar-refractivity contribution in [2.45, 2.75) is 39.5 Å². The third-order valence-electron chi connectivity index (χ3n) is 4.21. The Morgan fingerprint density at radius 3 is 2.46 bits per heavy atom. The number of carbonyl (C=O) groups excluding carboxylic acids is 2. The van der Waals surface area contributed by atoms with Gasteiger partial charge in [0.2, 0.25) is 11.9 Å². The number of esters is 1. The van der Waals surface area contributed by atoms with Crippen molar-refractivity contribution in [3.63, 3.8) is 0 Å². The van der Waals surface area contributed by atoms with Gasteiger partial charge >= 0.3 is 5.97 Å².